The van der Waals surface area contributed by atoms with Crippen LogP contribution in [0.4, 0.5) is 0 Å². The SMILES string of the molecule is CCCCC(CC)Cn1c2ccc(C(=O)c3c(OCCOCCOCCOc4ccc5ccccc5c4C(=O)c4ccc5c(c4)c4cc(/C(=N\OC(C)=O)c6ccccc6C)ccc4n5CC(CC)CCCC)ccc4ccccc34)cc2c2cc(/C(=N/OC(C)=O)c3ccccc3C)ccc21. The molecule has 14 nitrogen and oxygen atoms in total. The lowest BCUT2D eigenvalue weighted by Crippen LogP contribution is -2.15. The lowest BCUT2D eigenvalue weighted by molar-refractivity contribution is -0.141. The highest BCUT2D eigenvalue weighted by atomic mass is 16.7. The van der Waals surface area contributed by atoms with Gasteiger partial charge in [0.1, 0.15) is 36.1 Å². The molecule has 102 heavy (non-hydrogen) atoms. The first-order valence-corrected chi connectivity index (χ1v) is 36.1. The average Bonchev–Trinajstić information content (AvgIpc) is 1.52. The molecule has 0 spiro atoms. The van der Waals surface area contributed by atoms with Gasteiger partial charge in [0.05, 0.1) is 37.6 Å². The van der Waals surface area contributed by atoms with Gasteiger partial charge in [0, 0.05) is 104 Å². The summed E-state index contributed by atoms with van der Waals surface area (Å²) in [5, 5.41) is 16.0. The van der Waals surface area contributed by atoms with E-state index in [4.69, 9.17) is 28.6 Å². The molecule has 0 aliphatic carbocycles. The minimum absolute atomic E-state index is 0.169. The molecule has 0 amide bonds. The quantitative estimate of drug-likeness (QED) is 0.0127. The summed E-state index contributed by atoms with van der Waals surface area (Å²) in [6.07, 6.45) is 8.84. The predicted molar refractivity (Wildman–Crippen MR) is 410 cm³/mol. The van der Waals surface area contributed by atoms with Crippen molar-refractivity contribution in [2.75, 3.05) is 39.6 Å². The Morgan fingerprint density at radius 2 is 0.745 bits per heavy atom. The van der Waals surface area contributed by atoms with Gasteiger partial charge in [-0.3, -0.25) is 9.59 Å². The van der Waals surface area contributed by atoms with Crippen molar-refractivity contribution in [3.8, 4) is 11.5 Å². The van der Waals surface area contributed by atoms with Crippen LogP contribution in [0.1, 0.15) is 158 Å². The number of aryl methyl sites for hydroxylation is 2. The molecule has 2 heterocycles. The number of nitrogens with zero attached hydrogens (tertiary/aromatic N) is 4. The molecule has 12 rings (SSSR count). The molecule has 0 N–H and O–H groups in total. The molecular formula is C88H90N4O10. The fourth-order valence-electron chi connectivity index (χ4n) is 14.2. The highest BCUT2D eigenvalue weighted by Crippen LogP contribution is 2.39. The number of hydrogen-bond donors (Lipinski definition) is 0. The summed E-state index contributed by atoms with van der Waals surface area (Å²) in [5.74, 6) is 0.459. The monoisotopic (exact) mass is 1360 g/mol. The number of unbranched alkanes of at least 4 members (excludes halogenated alkanes) is 2. The largest absolute Gasteiger partial charge is 0.490 e. The minimum Gasteiger partial charge on any atom is -0.490 e. The Balaban J connectivity index is 0.738. The van der Waals surface area contributed by atoms with Gasteiger partial charge in [-0.1, -0.05) is 198 Å². The van der Waals surface area contributed by atoms with Crippen molar-refractivity contribution in [2.45, 2.75) is 120 Å². The number of carbonyl (C=O) groups is 4. The molecule has 0 radical (unpaired) electrons. The number of fused-ring (bicyclic) bond motifs is 8. The van der Waals surface area contributed by atoms with Crippen LogP contribution in [0.3, 0.4) is 0 Å². The Morgan fingerprint density at radius 1 is 0.392 bits per heavy atom. The van der Waals surface area contributed by atoms with Crippen molar-refractivity contribution in [2.24, 2.45) is 22.1 Å². The molecule has 0 saturated carbocycles. The number of ketones is 2. The molecule has 2 unspecified atom stereocenters. The summed E-state index contributed by atoms with van der Waals surface area (Å²) in [6.45, 7) is 18.7. The van der Waals surface area contributed by atoms with E-state index in [0.29, 0.717) is 57.0 Å². The molecule has 522 valence electrons. The zero-order valence-electron chi connectivity index (χ0n) is 59.8. The van der Waals surface area contributed by atoms with E-state index >= 15 is 9.59 Å². The maximum atomic E-state index is 15.3. The lowest BCUT2D eigenvalue weighted by Gasteiger charge is -2.18. The molecule has 12 aromatic rings. The highest BCUT2D eigenvalue weighted by Gasteiger charge is 2.26. The summed E-state index contributed by atoms with van der Waals surface area (Å²) in [5.41, 5.74) is 12.4. The van der Waals surface area contributed by atoms with Crippen LogP contribution < -0.4 is 9.47 Å². The fourth-order valence-corrected chi connectivity index (χ4v) is 14.2. The van der Waals surface area contributed by atoms with E-state index in [2.05, 4.69) is 83.5 Å². The standard InChI is InChI=1S/C88H90N4O10/c1-9-13-25-61(11-3)55-91-77-39-33-65(85(89-101-59(7)93)69-29-19-15-23-57(69)5)51-73(77)75-53-67(35-41-79(75)91)87(95)83-71-31-21-17-27-63(71)37-43-81(83)99-49-47-97-45-46-98-48-50-100-82-44-38-64-28-18-22-32-72(64)84(82)88(96)68-36-42-80-76(54-68)74-52-66(34-40-78(74)92(80)56-62(12-4)26-14-10-2)86(90-102-60(8)94)70-30-20-16-24-58(70)6/h15-24,27-44,51-54,61-62H,9-14,25-26,45-50,55-56H2,1-8H3/b89-85-,90-86+. The van der Waals surface area contributed by atoms with Crippen LogP contribution in [0.5, 0.6) is 11.5 Å². The normalized spacial score (nSPS) is 12.6. The molecule has 0 aliphatic rings. The maximum absolute atomic E-state index is 15.3. The smallest absolute Gasteiger partial charge is 0.332 e. The fraction of sp³-hybridized carbons (Fsp3) is 0.295. The average molecular weight is 1360 g/mol. The van der Waals surface area contributed by atoms with E-state index in [1.165, 1.54) is 13.8 Å². The summed E-state index contributed by atoms with van der Waals surface area (Å²) in [4.78, 5) is 65.6. The van der Waals surface area contributed by atoms with E-state index in [9.17, 15) is 9.59 Å². The van der Waals surface area contributed by atoms with Crippen molar-refractivity contribution in [1.82, 2.24) is 9.13 Å². The Kier molecular flexibility index (Phi) is 23.3. The lowest BCUT2D eigenvalue weighted by atomic mass is 9.94. The Morgan fingerprint density at radius 3 is 1.12 bits per heavy atom. The van der Waals surface area contributed by atoms with Crippen LogP contribution in [0.15, 0.2) is 204 Å². The first kappa shape index (κ1) is 71.3. The Bertz CT molecular complexity index is 4810. The number of oxime groups is 2. The number of ether oxygens (including phenoxy) is 4. The maximum Gasteiger partial charge on any atom is 0.332 e. The van der Waals surface area contributed by atoms with E-state index in [-0.39, 0.29) is 51.2 Å². The second-order valence-electron chi connectivity index (χ2n) is 26.6. The number of aromatic nitrogens is 2. The first-order valence-electron chi connectivity index (χ1n) is 36.1. The Hall–Kier alpha value is -10.5. The molecule has 10 aromatic carbocycles. The van der Waals surface area contributed by atoms with Gasteiger partial charge in [0.15, 0.2) is 11.6 Å². The van der Waals surface area contributed by atoms with Crippen molar-refractivity contribution in [3.05, 3.63) is 250 Å². The van der Waals surface area contributed by atoms with Crippen LogP contribution in [-0.2, 0) is 41.8 Å². The Labute approximate surface area is 596 Å². The molecule has 2 aromatic heterocycles. The van der Waals surface area contributed by atoms with Gasteiger partial charge in [-0.2, -0.15) is 0 Å². The van der Waals surface area contributed by atoms with Crippen LogP contribution in [-0.4, -0.2) is 83.7 Å². The zero-order valence-corrected chi connectivity index (χ0v) is 59.8. The van der Waals surface area contributed by atoms with Gasteiger partial charge in [-0.05, 0) is 144 Å². The third-order valence-electron chi connectivity index (χ3n) is 19.7. The van der Waals surface area contributed by atoms with Gasteiger partial charge < -0.3 is 37.8 Å². The number of carbonyl (C=O) groups excluding carboxylic acids is 4. The highest BCUT2D eigenvalue weighted by molar-refractivity contribution is 6.24. The van der Waals surface area contributed by atoms with E-state index < -0.39 is 11.9 Å². The number of hydrogen-bond acceptors (Lipinski definition) is 12. The minimum atomic E-state index is -0.513. The zero-order chi connectivity index (χ0) is 71.2. The van der Waals surface area contributed by atoms with Crippen LogP contribution in [0, 0.1) is 25.7 Å². The van der Waals surface area contributed by atoms with Crippen LogP contribution in [0.2, 0.25) is 0 Å². The second-order valence-corrected chi connectivity index (χ2v) is 26.6. The van der Waals surface area contributed by atoms with E-state index in [0.717, 1.165) is 163 Å². The van der Waals surface area contributed by atoms with Gasteiger partial charge in [-0.25, -0.2) is 9.59 Å². The van der Waals surface area contributed by atoms with Crippen molar-refractivity contribution in [1.29, 1.82) is 0 Å². The van der Waals surface area contributed by atoms with Gasteiger partial charge >= 0.3 is 11.9 Å². The van der Waals surface area contributed by atoms with E-state index in [1.807, 2.05) is 172 Å². The summed E-state index contributed by atoms with van der Waals surface area (Å²) < 4.78 is 29.8. The van der Waals surface area contributed by atoms with Gasteiger partial charge in [0.2, 0.25) is 0 Å². The number of benzene rings is 10. The van der Waals surface area contributed by atoms with Gasteiger partial charge in [0.25, 0.3) is 0 Å². The topological polar surface area (TPSA) is 158 Å². The molecule has 2 atom stereocenters. The van der Waals surface area contributed by atoms with Crippen molar-refractivity contribution >= 4 is 100 Å². The summed E-state index contributed by atoms with van der Waals surface area (Å²) in [6, 6.07) is 63.8. The third-order valence-corrected chi connectivity index (χ3v) is 19.7. The molecule has 0 fully saturated rings. The molecular weight excluding hydrogens is 1270 g/mol. The first-order chi connectivity index (χ1) is 49.8. The molecule has 0 saturated heterocycles. The van der Waals surface area contributed by atoms with Gasteiger partial charge in [-0.15, -0.1) is 0 Å². The summed E-state index contributed by atoms with van der Waals surface area (Å²) >= 11 is 0. The van der Waals surface area contributed by atoms with Crippen LogP contribution in [0.25, 0.3) is 65.2 Å². The predicted octanol–water partition coefficient (Wildman–Crippen LogP) is 19.8. The second kappa shape index (κ2) is 33.3. The number of rotatable bonds is 33. The van der Waals surface area contributed by atoms with E-state index in [1.54, 1.807) is 0 Å². The van der Waals surface area contributed by atoms with Crippen LogP contribution >= 0.6 is 0 Å². The molecule has 0 aliphatic heterocycles. The van der Waals surface area contributed by atoms with Crippen molar-refractivity contribution < 1.29 is 47.8 Å². The molecule has 0 bridgehead atoms. The molecule has 14 heteroatoms. The van der Waals surface area contributed by atoms with Crippen molar-refractivity contribution in [3.63, 3.8) is 0 Å². The summed E-state index contributed by atoms with van der Waals surface area (Å²) in [7, 11) is 0. The third kappa shape index (κ3) is 15.8.